The highest BCUT2D eigenvalue weighted by atomic mass is 79.9. The number of anilines is 1. The highest BCUT2D eigenvalue weighted by Gasteiger charge is 2.37. The maximum atomic E-state index is 12.9. The molecule has 0 radical (unpaired) electrons. The van der Waals surface area contributed by atoms with Gasteiger partial charge in [0.05, 0.1) is 18.6 Å². The van der Waals surface area contributed by atoms with Crippen LogP contribution in [0.4, 0.5) is 5.69 Å². The van der Waals surface area contributed by atoms with Crippen molar-refractivity contribution < 1.29 is 14.3 Å². The van der Waals surface area contributed by atoms with E-state index in [-0.39, 0.29) is 30.2 Å². The molecule has 1 fully saturated rings. The van der Waals surface area contributed by atoms with Crippen molar-refractivity contribution in [3.8, 4) is 5.75 Å². The zero-order chi connectivity index (χ0) is 19.8. The molecule has 0 spiro atoms. The summed E-state index contributed by atoms with van der Waals surface area (Å²) in [6.07, 6.45) is 0.963. The number of hydrogen-bond acceptors (Lipinski definition) is 3. The van der Waals surface area contributed by atoms with E-state index in [2.05, 4.69) is 21.2 Å². The van der Waals surface area contributed by atoms with Crippen LogP contribution in [0.25, 0.3) is 0 Å². The quantitative estimate of drug-likeness (QED) is 0.779. The molecule has 0 aromatic heterocycles. The summed E-state index contributed by atoms with van der Waals surface area (Å²) in [5.41, 5.74) is 4.10. The van der Waals surface area contributed by atoms with Crippen LogP contribution in [0.1, 0.15) is 35.6 Å². The predicted octanol–water partition coefficient (Wildman–Crippen LogP) is 4.06. The third kappa shape index (κ3) is 3.53. The van der Waals surface area contributed by atoms with Gasteiger partial charge in [0.2, 0.25) is 11.8 Å². The average molecular weight is 443 g/mol. The Bertz CT molecular complexity index is 943. The Labute approximate surface area is 173 Å². The summed E-state index contributed by atoms with van der Waals surface area (Å²) in [7, 11) is 0. The van der Waals surface area contributed by atoms with Gasteiger partial charge < -0.3 is 15.0 Å². The maximum Gasteiger partial charge on any atom is 0.227 e. The molecule has 5 nitrogen and oxygen atoms in total. The molecule has 2 aromatic carbocycles. The van der Waals surface area contributed by atoms with Crippen LogP contribution in [0.15, 0.2) is 40.9 Å². The van der Waals surface area contributed by atoms with Crippen molar-refractivity contribution in [2.45, 2.75) is 32.7 Å². The molecule has 4 rings (SSSR count). The third-order valence-electron chi connectivity index (χ3n) is 5.69. The molecule has 0 saturated carbocycles. The lowest BCUT2D eigenvalue weighted by Gasteiger charge is -2.28. The fourth-order valence-electron chi connectivity index (χ4n) is 3.95. The highest BCUT2D eigenvalue weighted by molar-refractivity contribution is 9.10. The molecule has 2 heterocycles. The molecule has 146 valence electrons. The number of nitrogens with one attached hydrogen (secondary N) is 1. The molecule has 6 heteroatoms. The molecule has 0 aliphatic carbocycles. The van der Waals surface area contributed by atoms with Crippen molar-refractivity contribution in [3.63, 3.8) is 0 Å². The smallest absolute Gasteiger partial charge is 0.227 e. The molecular weight excluding hydrogens is 420 g/mol. The fraction of sp³-hybridized carbons (Fsp3) is 0.364. The number of amides is 2. The largest absolute Gasteiger partial charge is 0.493 e. The lowest BCUT2D eigenvalue weighted by molar-refractivity contribution is -0.127. The van der Waals surface area contributed by atoms with Crippen molar-refractivity contribution in [1.82, 2.24) is 5.32 Å². The van der Waals surface area contributed by atoms with E-state index in [1.165, 1.54) is 0 Å². The Morgan fingerprint density at radius 1 is 1.25 bits per heavy atom. The number of aryl methyl sites for hydroxylation is 1. The fourth-order valence-corrected chi connectivity index (χ4v) is 4.33. The van der Waals surface area contributed by atoms with Gasteiger partial charge in [0.1, 0.15) is 5.75 Å². The van der Waals surface area contributed by atoms with E-state index >= 15 is 0 Å². The van der Waals surface area contributed by atoms with E-state index in [9.17, 15) is 9.59 Å². The molecule has 0 bridgehead atoms. The molecule has 1 N–H and O–H groups in total. The number of carbonyl (C=O) groups excluding carboxylic acids is 2. The van der Waals surface area contributed by atoms with Crippen molar-refractivity contribution in [2.24, 2.45) is 5.92 Å². The zero-order valence-corrected chi connectivity index (χ0v) is 17.6. The van der Waals surface area contributed by atoms with Crippen molar-refractivity contribution in [3.05, 3.63) is 57.6 Å². The van der Waals surface area contributed by atoms with Gasteiger partial charge in [-0.1, -0.05) is 28.1 Å². The van der Waals surface area contributed by atoms with E-state index in [1.807, 2.05) is 50.2 Å². The van der Waals surface area contributed by atoms with Gasteiger partial charge in [0, 0.05) is 35.1 Å². The van der Waals surface area contributed by atoms with E-state index in [1.54, 1.807) is 4.90 Å². The second-order valence-electron chi connectivity index (χ2n) is 7.50. The summed E-state index contributed by atoms with van der Waals surface area (Å²) < 4.78 is 6.65. The highest BCUT2D eigenvalue weighted by Crippen LogP contribution is 2.35. The number of fused-ring (bicyclic) bond motifs is 1. The second kappa shape index (κ2) is 7.59. The minimum atomic E-state index is -0.342. The van der Waals surface area contributed by atoms with Crippen LogP contribution in [0.2, 0.25) is 0 Å². The molecule has 2 aliphatic heterocycles. The van der Waals surface area contributed by atoms with Crippen molar-refractivity contribution >= 4 is 33.4 Å². The van der Waals surface area contributed by atoms with E-state index in [0.717, 1.165) is 39.0 Å². The van der Waals surface area contributed by atoms with Crippen LogP contribution in [-0.4, -0.2) is 25.0 Å². The lowest BCUT2D eigenvalue weighted by atomic mass is 9.99. The van der Waals surface area contributed by atoms with Crippen LogP contribution in [0.5, 0.6) is 5.75 Å². The second-order valence-corrected chi connectivity index (χ2v) is 8.42. The topological polar surface area (TPSA) is 58.6 Å². The Morgan fingerprint density at radius 2 is 2.07 bits per heavy atom. The zero-order valence-electron chi connectivity index (χ0n) is 16.0. The van der Waals surface area contributed by atoms with Crippen molar-refractivity contribution in [2.75, 3.05) is 18.1 Å². The first-order valence-electron chi connectivity index (χ1n) is 9.53. The molecule has 2 aliphatic rings. The summed E-state index contributed by atoms with van der Waals surface area (Å²) in [6.45, 7) is 5.04. The van der Waals surface area contributed by atoms with Gasteiger partial charge in [-0.15, -0.1) is 0 Å². The number of rotatable bonds is 3. The standard InChI is InChI=1S/C22H23BrN2O3/c1-13-4-3-5-19(14(13)2)25-12-15(10-21(25)26)22(27)24-18-8-9-28-20-7-6-16(23)11-17(18)20/h3-7,11,15,18H,8-10,12H2,1-2H3,(H,24,27). The van der Waals surface area contributed by atoms with E-state index < -0.39 is 0 Å². The summed E-state index contributed by atoms with van der Waals surface area (Å²) in [6, 6.07) is 11.7. The predicted molar refractivity (Wildman–Crippen MR) is 112 cm³/mol. The maximum absolute atomic E-state index is 12.9. The van der Waals surface area contributed by atoms with Crippen LogP contribution in [0.3, 0.4) is 0 Å². The average Bonchev–Trinajstić information content (AvgIpc) is 3.06. The molecule has 1 saturated heterocycles. The minimum absolute atomic E-state index is 0.00368. The van der Waals surface area contributed by atoms with Crippen molar-refractivity contribution in [1.29, 1.82) is 0 Å². The third-order valence-corrected chi connectivity index (χ3v) is 6.18. The summed E-state index contributed by atoms with van der Waals surface area (Å²) in [4.78, 5) is 27.3. The Kier molecular flexibility index (Phi) is 5.15. The molecular formula is C22H23BrN2O3. The van der Waals surface area contributed by atoms with Crippen LogP contribution in [0, 0.1) is 19.8 Å². The van der Waals surface area contributed by atoms with Crippen LogP contribution < -0.4 is 15.0 Å². The van der Waals surface area contributed by atoms with Gasteiger partial charge in [-0.25, -0.2) is 0 Å². The number of halogens is 1. The van der Waals surface area contributed by atoms with Crippen LogP contribution >= 0.6 is 15.9 Å². The SMILES string of the molecule is Cc1cccc(N2CC(C(=O)NC3CCOc4ccc(Br)cc43)CC2=O)c1C. The Balaban J connectivity index is 1.49. The first-order valence-corrected chi connectivity index (χ1v) is 10.3. The van der Waals surface area contributed by atoms with Gasteiger partial charge >= 0.3 is 0 Å². The first kappa shape index (κ1) is 19.0. The summed E-state index contributed by atoms with van der Waals surface area (Å²) >= 11 is 3.48. The number of ether oxygens (including phenoxy) is 1. The molecule has 2 atom stereocenters. The van der Waals surface area contributed by atoms with Gasteiger partial charge in [0.15, 0.2) is 0 Å². The van der Waals surface area contributed by atoms with Gasteiger partial charge in [0.25, 0.3) is 0 Å². The Hall–Kier alpha value is -2.34. The lowest BCUT2D eigenvalue weighted by Crippen LogP contribution is -2.37. The molecule has 28 heavy (non-hydrogen) atoms. The van der Waals surface area contributed by atoms with E-state index in [0.29, 0.717) is 13.2 Å². The van der Waals surface area contributed by atoms with Gasteiger partial charge in [-0.2, -0.15) is 0 Å². The van der Waals surface area contributed by atoms with Gasteiger partial charge in [-0.05, 0) is 49.2 Å². The Morgan fingerprint density at radius 3 is 2.89 bits per heavy atom. The minimum Gasteiger partial charge on any atom is -0.493 e. The van der Waals surface area contributed by atoms with E-state index in [4.69, 9.17) is 4.74 Å². The normalized spacial score (nSPS) is 21.2. The number of nitrogens with zero attached hydrogens (tertiary/aromatic N) is 1. The monoisotopic (exact) mass is 442 g/mol. The first-order chi connectivity index (χ1) is 13.4. The number of benzene rings is 2. The number of carbonyl (C=O) groups is 2. The summed E-state index contributed by atoms with van der Waals surface area (Å²) in [5, 5.41) is 3.14. The van der Waals surface area contributed by atoms with Gasteiger partial charge in [-0.3, -0.25) is 9.59 Å². The molecule has 2 unspecified atom stereocenters. The number of hydrogen-bond donors (Lipinski definition) is 1. The molecule has 2 aromatic rings. The molecule has 2 amide bonds. The van der Waals surface area contributed by atoms with Crippen LogP contribution in [-0.2, 0) is 9.59 Å². The summed E-state index contributed by atoms with van der Waals surface area (Å²) in [5.74, 6) is 0.396.